The van der Waals surface area contributed by atoms with Crippen molar-refractivity contribution in [3.63, 3.8) is 0 Å². The Hall–Kier alpha value is -3.68. The van der Waals surface area contributed by atoms with Crippen LogP contribution in [0.5, 0.6) is 11.5 Å². The van der Waals surface area contributed by atoms with E-state index in [2.05, 4.69) is 10.1 Å². The van der Waals surface area contributed by atoms with Gasteiger partial charge in [-0.25, -0.2) is 4.99 Å². The predicted octanol–water partition coefficient (Wildman–Crippen LogP) is 3.57. The van der Waals surface area contributed by atoms with E-state index in [1.807, 2.05) is 67.3 Å². The molecular weight excluding hydrogens is 444 g/mol. The third-order valence-corrected chi connectivity index (χ3v) is 5.89. The number of hydrazone groups is 1. The maximum Gasteiger partial charge on any atom is 0.249 e. The molecule has 2 aliphatic rings. The number of hydrogen-bond donors (Lipinski definition) is 0. The summed E-state index contributed by atoms with van der Waals surface area (Å²) in [5.74, 6) is 1.25. The fraction of sp³-hybridized carbons (Fsp3) is 0.370. The predicted molar refractivity (Wildman–Crippen MR) is 135 cm³/mol. The van der Waals surface area contributed by atoms with E-state index in [9.17, 15) is 9.59 Å². The lowest BCUT2D eigenvalue weighted by atomic mass is 10.1. The van der Waals surface area contributed by atoms with Crippen LogP contribution in [0, 0.1) is 20.4 Å². The molecule has 0 N–H and O–H groups in total. The number of aliphatic imine (C=N–C) groups is 1. The summed E-state index contributed by atoms with van der Waals surface area (Å²) in [6, 6.07) is 15.6. The van der Waals surface area contributed by atoms with E-state index in [-0.39, 0.29) is 37.5 Å². The number of aryl methyl sites for hydroxylation is 2. The molecule has 0 aliphatic carbocycles. The van der Waals surface area contributed by atoms with E-state index in [1.54, 1.807) is 6.54 Å². The van der Waals surface area contributed by atoms with Crippen molar-refractivity contribution in [1.82, 2.24) is 9.91 Å². The van der Waals surface area contributed by atoms with Gasteiger partial charge in [-0.15, -0.1) is 0 Å². The van der Waals surface area contributed by atoms with Gasteiger partial charge >= 0.3 is 0 Å². The molecule has 1 saturated heterocycles. The molecule has 2 heterocycles. The lowest BCUT2D eigenvalue weighted by Crippen LogP contribution is -2.47. The first-order valence-corrected chi connectivity index (χ1v) is 11.9. The number of amides is 2. The Labute approximate surface area is 206 Å². The van der Waals surface area contributed by atoms with Gasteiger partial charge in [-0.2, -0.15) is 5.10 Å². The SMILES string of the molecule is Cc1ccc(OC2CCCN(C(=O)CN3[CH]C(=NC(=O)CCOc4ccccc4C)C=N3)C2)cc1. The third kappa shape index (κ3) is 7.15. The molecule has 2 aromatic carbocycles. The number of nitrogens with zero attached hydrogens (tertiary/aromatic N) is 4. The number of carbonyl (C=O) groups is 2. The average Bonchev–Trinajstić information content (AvgIpc) is 3.28. The summed E-state index contributed by atoms with van der Waals surface area (Å²) >= 11 is 0. The van der Waals surface area contributed by atoms with E-state index in [1.165, 1.54) is 16.8 Å². The van der Waals surface area contributed by atoms with Gasteiger partial charge in [-0.3, -0.25) is 14.6 Å². The summed E-state index contributed by atoms with van der Waals surface area (Å²) in [6.45, 7) is 7.20. The van der Waals surface area contributed by atoms with Crippen molar-refractivity contribution in [2.45, 2.75) is 39.2 Å². The van der Waals surface area contributed by atoms with Crippen LogP contribution in [0.15, 0.2) is 58.6 Å². The molecule has 35 heavy (non-hydrogen) atoms. The standard InChI is InChI=1S/C27H31N4O4/c1-20-9-11-23(12-10-20)35-24-7-5-14-30(18-24)27(33)19-31-17-22(16-28-31)29-26(32)13-15-34-25-8-4-3-6-21(25)2/h3-4,6,8-12,16-17,24H,5,7,13-15,18-19H2,1-2H3. The van der Waals surface area contributed by atoms with Crippen molar-refractivity contribution in [3.8, 4) is 11.5 Å². The number of hydrogen-bond acceptors (Lipinski definition) is 6. The van der Waals surface area contributed by atoms with E-state index in [0.717, 1.165) is 29.9 Å². The van der Waals surface area contributed by atoms with Gasteiger partial charge in [0.15, 0.2) is 0 Å². The van der Waals surface area contributed by atoms with Gasteiger partial charge in [0.1, 0.15) is 30.7 Å². The molecule has 8 heteroatoms. The van der Waals surface area contributed by atoms with Crippen LogP contribution >= 0.6 is 0 Å². The molecule has 1 atom stereocenters. The summed E-state index contributed by atoms with van der Waals surface area (Å²) in [5.41, 5.74) is 2.63. The van der Waals surface area contributed by atoms with Crippen molar-refractivity contribution in [3.05, 3.63) is 66.2 Å². The minimum absolute atomic E-state index is 0.0295. The number of piperidine rings is 1. The number of carbonyl (C=O) groups excluding carboxylic acids is 2. The van der Waals surface area contributed by atoms with Crippen molar-refractivity contribution in [1.29, 1.82) is 0 Å². The minimum Gasteiger partial charge on any atom is -0.493 e. The van der Waals surface area contributed by atoms with Crippen molar-refractivity contribution < 1.29 is 19.1 Å². The molecule has 1 fully saturated rings. The Bertz CT molecular complexity index is 1100. The summed E-state index contributed by atoms with van der Waals surface area (Å²) in [5, 5.41) is 5.72. The van der Waals surface area contributed by atoms with Crippen LogP contribution in [0.3, 0.4) is 0 Å². The number of rotatable bonds is 8. The van der Waals surface area contributed by atoms with Gasteiger partial charge < -0.3 is 14.4 Å². The first-order valence-electron chi connectivity index (χ1n) is 11.9. The van der Waals surface area contributed by atoms with E-state index >= 15 is 0 Å². The topological polar surface area (TPSA) is 83.8 Å². The second kappa shape index (κ2) is 11.6. The second-order valence-electron chi connectivity index (χ2n) is 8.80. The molecule has 0 saturated carbocycles. The highest BCUT2D eigenvalue weighted by molar-refractivity contribution is 6.37. The Morgan fingerprint density at radius 3 is 2.71 bits per heavy atom. The molecule has 8 nitrogen and oxygen atoms in total. The largest absolute Gasteiger partial charge is 0.493 e. The fourth-order valence-electron chi connectivity index (χ4n) is 3.97. The summed E-state index contributed by atoms with van der Waals surface area (Å²) in [4.78, 5) is 30.9. The highest BCUT2D eigenvalue weighted by atomic mass is 16.5. The minimum atomic E-state index is -0.295. The lowest BCUT2D eigenvalue weighted by molar-refractivity contribution is -0.134. The van der Waals surface area contributed by atoms with Gasteiger partial charge in [0.25, 0.3) is 0 Å². The van der Waals surface area contributed by atoms with Crippen LogP contribution in [-0.2, 0) is 9.59 Å². The van der Waals surface area contributed by atoms with Gasteiger partial charge in [0.05, 0.1) is 31.5 Å². The monoisotopic (exact) mass is 475 g/mol. The van der Waals surface area contributed by atoms with Crippen LogP contribution in [0.4, 0.5) is 0 Å². The zero-order valence-electron chi connectivity index (χ0n) is 20.2. The van der Waals surface area contributed by atoms with Crippen molar-refractivity contribution in [2.24, 2.45) is 10.1 Å². The first-order chi connectivity index (χ1) is 17.0. The van der Waals surface area contributed by atoms with Crippen LogP contribution in [0.25, 0.3) is 0 Å². The molecule has 0 spiro atoms. The number of likely N-dealkylation sites (tertiary alicyclic amines) is 1. The molecule has 183 valence electrons. The Balaban J connectivity index is 1.20. The van der Waals surface area contributed by atoms with Gasteiger partial charge in [0.2, 0.25) is 11.8 Å². The Kier molecular flexibility index (Phi) is 8.13. The smallest absolute Gasteiger partial charge is 0.249 e. The second-order valence-corrected chi connectivity index (χ2v) is 8.80. The number of para-hydroxylation sites is 1. The summed E-state index contributed by atoms with van der Waals surface area (Å²) < 4.78 is 11.7. The molecule has 4 rings (SSSR count). The van der Waals surface area contributed by atoms with Crippen LogP contribution in [-0.4, -0.2) is 66.0 Å². The quantitative estimate of drug-likeness (QED) is 0.583. The van der Waals surface area contributed by atoms with Gasteiger partial charge in [-0.05, 0) is 50.5 Å². The molecule has 0 aromatic heterocycles. The normalized spacial score (nSPS) is 18.7. The van der Waals surface area contributed by atoms with Crippen LogP contribution in [0.1, 0.15) is 30.4 Å². The molecular formula is C27H31N4O4. The van der Waals surface area contributed by atoms with E-state index in [0.29, 0.717) is 18.8 Å². The van der Waals surface area contributed by atoms with Crippen LogP contribution < -0.4 is 9.47 Å². The van der Waals surface area contributed by atoms with Gasteiger partial charge in [0, 0.05) is 6.54 Å². The molecule has 2 aromatic rings. The Morgan fingerprint density at radius 2 is 1.91 bits per heavy atom. The lowest BCUT2D eigenvalue weighted by Gasteiger charge is -2.33. The summed E-state index contributed by atoms with van der Waals surface area (Å²) in [7, 11) is 0. The van der Waals surface area contributed by atoms with E-state index < -0.39 is 0 Å². The number of benzene rings is 2. The van der Waals surface area contributed by atoms with Crippen LogP contribution in [0.2, 0.25) is 0 Å². The molecule has 2 aliphatic heterocycles. The fourth-order valence-corrected chi connectivity index (χ4v) is 3.97. The van der Waals surface area contributed by atoms with Gasteiger partial charge in [-0.1, -0.05) is 35.9 Å². The highest BCUT2D eigenvalue weighted by Gasteiger charge is 2.27. The first kappa shape index (κ1) is 24.4. The number of ether oxygens (including phenoxy) is 2. The zero-order valence-corrected chi connectivity index (χ0v) is 20.2. The molecule has 0 bridgehead atoms. The Morgan fingerprint density at radius 1 is 1.11 bits per heavy atom. The zero-order chi connectivity index (χ0) is 24.6. The highest BCUT2D eigenvalue weighted by Crippen LogP contribution is 2.20. The van der Waals surface area contributed by atoms with Crippen molar-refractivity contribution >= 4 is 23.7 Å². The third-order valence-electron chi connectivity index (χ3n) is 5.89. The van der Waals surface area contributed by atoms with E-state index in [4.69, 9.17) is 9.47 Å². The molecule has 1 unspecified atom stereocenters. The summed E-state index contributed by atoms with van der Waals surface area (Å²) in [6.07, 6.45) is 3.43. The average molecular weight is 476 g/mol. The maximum atomic E-state index is 12.8. The molecule has 2 amide bonds. The van der Waals surface area contributed by atoms with Crippen molar-refractivity contribution in [2.75, 3.05) is 26.2 Å². The molecule has 1 radical (unpaired) electrons. The maximum absolute atomic E-state index is 12.8.